The summed E-state index contributed by atoms with van der Waals surface area (Å²) >= 11 is 0. The summed E-state index contributed by atoms with van der Waals surface area (Å²) in [5.41, 5.74) is 0. The number of rotatable bonds is 0. The van der Waals surface area contributed by atoms with Crippen LogP contribution in [0.25, 0.3) is 0 Å². The second kappa shape index (κ2) is 16.1. The maximum absolute atomic E-state index is 8.25. The predicted octanol–water partition coefficient (Wildman–Crippen LogP) is -0.862. The SMILES string of the molecule is O=[N+]([O-])[O-].O=[N+]([O-])[O-].[Hg+].[Tl+]. The summed E-state index contributed by atoms with van der Waals surface area (Å²) in [6, 6.07) is 0. The molecule has 0 aromatic rings. The van der Waals surface area contributed by atoms with Crippen LogP contribution >= 0.6 is 0 Å². The summed E-state index contributed by atoms with van der Waals surface area (Å²) < 4.78 is 0. The van der Waals surface area contributed by atoms with Crippen molar-refractivity contribution < 1.29 is 37.8 Å². The molecule has 8 nitrogen and oxygen atoms in total. The average Bonchev–Trinajstić information content (AvgIpc) is 1.25. The van der Waals surface area contributed by atoms with Crippen molar-refractivity contribution in [1.82, 2.24) is 0 Å². The molecular weight excluding hydrogens is 529 g/mol. The number of nitrogens with zero attached hydrogens (tertiary/aromatic N) is 2. The van der Waals surface area contributed by atoms with E-state index in [4.69, 9.17) is 30.6 Å². The Morgan fingerprint density at radius 2 is 0.800 bits per heavy atom. The standard InChI is InChI=1S/Hg.2NO3.Tl/c;2*2-1(3)4;/q+1;2*-1;+1. The normalized spacial score (nSPS) is 4.80. The number of hydrogen-bond donors (Lipinski definition) is 0. The second-order valence-corrected chi connectivity index (χ2v) is 0.447. The molecule has 0 unspecified atom stereocenters. The Kier molecular flexibility index (Phi) is 36.2. The van der Waals surface area contributed by atoms with E-state index in [0.717, 1.165) is 0 Å². The summed E-state index contributed by atoms with van der Waals surface area (Å²) in [7, 11) is 0. The molecule has 0 fully saturated rings. The topological polar surface area (TPSA) is 132 Å². The zero-order valence-electron chi connectivity index (χ0n) is 4.63. The van der Waals surface area contributed by atoms with E-state index in [-0.39, 0.29) is 55.0 Å². The quantitative estimate of drug-likeness (QED) is 0.228. The third-order valence-corrected chi connectivity index (χ3v) is 0. The van der Waals surface area contributed by atoms with Gasteiger partial charge in [-0.15, -0.1) is 0 Å². The maximum atomic E-state index is 8.25. The molecule has 10 heavy (non-hydrogen) atoms. The molecule has 0 aliphatic carbocycles. The first-order chi connectivity index (χ1) is 3.46. The average molecular weight is 529 g/mol. The zero-order chi connectivity index (χ0) is 7.15. The van der Waals surface area contributed by atoms with Gasteiger partial charge in [0.2, 0.25) is 0 Å². The molecule has 0 N–H and O–H groups in total. The molecule has 0 saturated carbocycles. The molecule has 0 aromatic heterocycles. The third kappa shape index (κ3) is 6580. The van der Waals surface area contributed by atoms with Crippen molar-refractivity contribution in [3.05, 3.63) is 30.6 Å². The van der Waals surface area contributed by atoms with Crippen LogP contribution in [0.5, 0.6) is 0 Å². The molecule has 0 heterocycles. The third-order valence-electron chi connectivity index (χ3n) is 0. The molecule has 0 amide bonds. The zero-order valence-corrected chi connectivity index (χ0v) is 14.6. The first-order valence-corrected chi connectivity index (χ1v) is 1.10. The molecule has 0 atom stereocenters. The fourth-order valence-corrected chi connectivity index (χ4v) is 0. The minimum absolute atomic E-state index is 0. The largest absolute Gasteiger partial charge is 1.00 e. The summed E-state index contributed by atoms with van der Waals surface area (Å²) in [5.74, 6) is 0. The molecule has 51 valence electrons. The molecule has 0 aliphatic heterocycles. The van der Waals surface area contributed by atoms with E-state index in [0.29, 0.717) is 0 Å². The Balaban J connectivity index is -0.0000000300. The van der Waals surface area contributed by atoms with E-state index in [1.54, 1.807) is 0 Å². The van der Waals surface area contributed by atoms with Crippen LogP contribution < -0.4 is 0 Å². The molecule has 0 bridgehead atoms. The van der Waals surface area contributed by atoms with Gasteiger partial charge in [-0.2, -0.15) is 0 Å². The summed E-state index contributed by atoms with van der Waals surface area (Å²) in [5, 5.41) is 29.5. The van der Waals surface area contributed by atoms with E-state index in [9.17, 15) is 0 Å². The summed E-state index contributed by atoms with van der Waals surface area (Å²) in [6.45, 7) is 0. The van der Waals surface area contributed by atoms with Crippen LogP contribution in [-0.2, 0) is 27.7 Å². The van der Waals surface area contributed by atoms with Gasteiger partial charge >= 0.3 is 55.0 Å². The van der Waals surface area contributed by atoms with Crippen molar-refractivity contribution in [1.29, 1.82) is 0 Å². The smallest absolute Gasteiger partial charge is 0.356 e. The monoisotopic (exact) mass is 531 g/mol. The van der Waals surface area contributed by atoms with Crippen LogP contribution in [0.2, 0.25) is 0 Å². The van der Waals surface area contributed by atoms with Crippen molar-refractivity contribution in [2.24, 2.45) is 0 Å². The predicted molar refractivity (Wildman–Crippen MR) is 26.5 cm³/mol. The van der Waals surface area contributed by atoms with Crippen LogP contribution in [-0.4, -0.2) is 37.5 Å². The van der Waals surface area contributed by atoms with Crippen LogP contribution in [0.4, 0.5) is 0 Å². The fourth-order valence-electron chi connectivity index (χ4n) is 0. The molecule has 1 radical (unpaired) electrons. The van der Waals surface area contributed by atoms with Crippen molar-refractivity contribution in [3.8, 4) is 0 Å². The van der Waals surface area contributed by atoms with Gasteiger partial charge in [-0.3, -0.25) is 0 Å². The van der Waals surface area contributed by atoms with Crippen LogP contribution in [0.15, 0.2) is 0 Å². The molecule has 0 aromatic carbocycles. The van der Waals surface area contributed by atoms with Gasteiger partial charge < -0.3 is 30.6 Å². The van der Waals surface area contributed by atoms with E-state index < -0.39 is 10.2 Å². The van der Waals surface area contributed by atoms with Gasteiger partial charge in [-0.1, -0.05) is 0 Å². The Hall–Kier alpha value is 0.257. The van der Waals surface area contributed by atoms with E-state index in [1.807, 2.05) is 0 Å². The molecule has 0 saturated heterocycles. The van der Waals surface area contributed by atoms with Crippen LogP contribution in [0.3, 0.4) is 0 Å². The molecule has 0 aliphatic rings. The second-order valence-electron chi connectivity index (χ2n) is 0.447. The minimum Gasteiger partial charge on any atom is -0.356 e. The van der Waals surface area contributed by atoms with Gasteiger partial charge in [0.15, 0.2) is 0 Å². The van der Waals surface area contributed by atoms with Gasteiger partial charge in [0, 0.05) is 0 Å². The Labute approximate surface area is 95.1 Å². The Bertz CT molecular complexity index is 73.7. The summed E-state index contributed by atoms with van der Waals surface area (Å²) in [6.07, 6.45) is 0. The van der Waals surface area contributed by atoms with Gasteiger partial charge in [0.25, 0.3) is 0 Å². The van der Waals surface area contributed by atoms with Crippen molar-refractivity contribution >= 4 is 27.3 Å². The van der Waals surface area contributed by atoms with E-state index >= 15 is 0 Å². The van der Waals surface area contributed by atoms with Gasteiger partial charge in [-0.25, -0.2) is 0 Å². The van der Waals surface area contributed by atoms with Gasteiger partial charge in [0.05, 0.1) is 10.2 Å². The van der Waals surface area contributed by atoms with Gasteiger partial charge in [-0.05, 0) is 0 Å². The van der Waals surface area contributed by atoms with Crippen molar-refractivity contribution in [3.63, 3.8) is 0 Å². The Morgan fingerprint density at radius 1 is 0.800 bits per heavy atom. The molecule has 0 spiro atoms. The van der Waals surface area contributed by atoms with Crippen LogP contribution in [0.1, 0.15) is 0 Å². The van der Waals surface area contributed by atoms with Crippen molar-refractivity contribution in [2.45, 2.75) is 0 Å². The number of hydrogen-bond acceptors (Lipinski definition) is 6. The van der Waals surface area contributed by atoms with E-state index in [2.05, 4.69) is 0 Å². The molecule has 0 rings (SSSR count). The van der Waals surface area contributed by atoms with Gasteiger partial charge in [0.1, 0.15) is 0 Å². The first kappa shape index (κ1) is 22.5. The van der Waals surface area contributed by atoms with Crippen LogP contribution in [0, 0.1) is 30.6 Å². The van der Waals surface area contributed by atoms with Crippen molar-refractivity contribution in [2.75, 3.05) is 0 Å². The molecule has 10 heteroatoms. The first-order valence-electron chi connectivity index (χ1n) is 1.10. The summed E-state index contributed by atoms with van der Waals surface area (Å²) in [4.78, 5) is 16.5. The van der Waals surface area contributed by atoms with E-state index in [1.165, 1.54) is 0 Å². The minimum atomic E-state index is -1.75. The Morgan fingerprint density at radius 3 is 0.800 bits per heavy atom. The maximum Gasteiger partial charge on any atom is 1.00 e. The fraction of sp³-hybridized carbons (Fsp3) is 0. The molecular formula is HgN2O6Tl.